The Bertz CT molecular complexity index is 350. The molecule has 0 spiro atoms. The molecular weight excluding hydrogens is 278 g/mol. The smallest absolute Gasteiger partial charge is 0.0699 e. The summed E-state index contributed by atoms with van der Waals surface area (Å²) in [7, 11) is 0. The fourth-order valence-electron chi connectivity index (χ4n) is 2.21. The highest BCUT2D eigenvalue weighted by molar-refractivity contribution is 9.10. The van der Waals surface area contributed by atoms with Gasteiger partial charge in [0.2, 0.25) is 0 Å². The van der Waals surface area contributed by atoms with Crippen molar-refractivity contribution in [1.29, 1.82) is 0 Å². The van der Waals surface area contributed by atoms with Gasteiger partial charge in [0, 0.05) is 23.7 Å². The molecule has 0 amide bonds. The quantitative estimate of drug-likeness (QED) is 0.916. The average Bonchev–Trinajstić information content (AvgIpc) is 2.38. The molecular formula is C14H20BrNO. The van der Waals surface area contributed by atoms with Crippen LogP contribution in [0.15, 0.2) is 28.7 Å². The zero-order valence-corrected chi connectivity index (χ0v) is 11.9. The van der Waals surface area contributed by atoms with E-state index in [9.17, 15) is 0 Å². The number of rotatable bonds is 4. The molecule has 1 N–H and O–H groups in total. The summed E-state index contributed by atoms with van der Waals surface area (Å²) in [5, 5.41) is 3.55. The predicted octanol–water partition coefficient (Wildman–Crippen LogP) is 3.67. The van der Waals surface area contributed by atoms with E-state index >= 15 is 0 Å². The van der Waals surface area contributed by atoms with Crippen LogP contribution in [0.2, 0.25) is 0 Å². The molecule has 0 aliphatic carbocycles. The number of hydrogen-bond donors (Lipinski definition) is 1. The highest BCUT2D eigenvalue weighted by Gasteiger charge is 2.15. The van der Waals surface area contributed by atoms with E-state index in [0.29, 0.717) is 12.1 Å². The van der Waals surface area contributed by atoms with Crippen LogP contribution in [0.4, 0.5) is 0 Å². The molecule has 1 saturated heterocycles. The first-order valence-electron chi connectivity index (χ1n) is 6.37. The molecule has 0 radical (unpaired) electrons. The Labute approximate surface area is 112 Å². The second-order valence-electron chi connectivity index (χ2n) is 4.64. The Kier molecular flexibility index (Phi) is 5.01. The van der Waals surface area contributed by atoms with E-state index in [1.807, 2.05) is 6.07 Å². The van der Waals surface area contributed by atoms with E-state index in [1.54, 1.807) is 0 Å². The summed E-state index contributed by atoms with van der Waals surface area (Å²) < 4.78 is 6.89. The molecule has 2 atom stereocenters. The SMILES string of the molecule is C[C@H](NCC1CCCCO1)c1ccccc1Br. The second-order valence-corrected chi connectivity index (χ2v) is 5.49. The van der Waals surface area contributed by atoms with E-state index in [1.165, 1.54) is 29.3 Å². The highest BCUT2D eigenvalue weighted by Crippen LogP contribution is 2.23. The molecule has 1 heterocycles. The van der Waals surface area contributed by atoms with Gasteiger partial charge in [0.05, 0.1) is 6.10 Å². The largest absolute Gasteiger partial charge is 0.377 e. The average molecular weight is 298 g/mol. The molecule has 0 saturated carbocycles. The standard InChI is InChI=1S/C14H20BrNO/c1-11(13-7-2-3-8-14(13)15)16-10-12-6-4-5-9-17-12/h2-3,7-8,11-12,16H,4-6,9-10H2,1H3/t11-,12?/m0/s1. The van der Waals surface area contributed by atoms with E-state index in [4.69, 9.17) is 4.74 Å². The van der Waals surface area contributed by atoms with Crippen LogP contribution in [-0.2, 0) is 4.74 Å². The molecule has 17 heavy (non-hydrogen) atoms. The first kappa shape index (κ1) is 13.1. The third kappa shape index (κ3) is 3.80. The summed E-state index contributed by atoms with van der Waals surface area (Å²) in [6.45, 7) is 4.07. The highest BCUT2D eigenvalue weighted by atomic mass is 79.9. The van der Waals surface area contributed by atoms with Gasteiger partial charge in [-0.2, -0.15) is 0 Å². The summed E-state index contributed by atoms with van der Waals surface area (Å²) in [5.41, 5.74) is 1.31. The third-order valence-electron chi connectivity index (χ3n) is 3.30. The van der Waals surface area contributed by atoms with E-state index in [0.717, 1.165) is 13.2 Å². The predicted molar refractivity (Wildman–Crippen MR) is 74.2 cm³/mol. The van der Waals surface area contributed by atoms with Gasteiger partial charge in [0.1, 0.15) is 0 Å². The molecule has 2 nitrogen and oxygen atoms in total. The number of hydrogen-bond acceptors (Lipinski definition) is 2. The molecule has 0 aromatic heterocycles. The zero-order valence-electron chi connectivity index (χ0n) is 10.3. The lowest BCUT2D eigenvalue weighted by atomic mass is 10.1. The monoisotopic (exact) mass is 297 g/mol. The molecule has 1 fully saturated rings. The minimum absolute atomic E-state index is 0.358. The summed E-state index contributed by atoms with van der Waals surface area (Å²) in [6, 6.07) is 8.73. The van der Waals surface area contributed by atoms with Gasteiger partial charge >= 0.3 is 0 Å². The van der Waals surface area contributed by atoms with Crippen molar-refractivity contribution in [3.8, 4) is 0 Å². The van der Waals surface area contributed by atoms with Crippen LogP contribution < -0.4 is 5.32 Å². The van der Waals surface area contributed by atoms with Gasteiger partial charge in [-0.1, -0.05) is 34.1 Å². The fourth-order valence-corrected chi connectivity index (χ4v) is 2.84. The Morgan fingerprint density at radius 1 is 1.41 bits per heavy atom. The van der Waals surface area contributed by atoms with Gasteiger partial charge in [-0.25, -0.2) is 0 Å². The van der Waals surface area contributed by atoms with Gasteiger partial charge in [0.15, 0.2) is 0 Å². The van der Waals surface area contributed by atoms with Crippen molar-refractivity contribution >= 4 is 15.9 Å². The van der Waals surface area contributed by atoms with Crippen LogP contribution in [0.5, 0.6) is 0 Å². The lowest BCUT2D eigenvalue weighted by Gasteiger charge is -2.25. The van der Waals surface area contributed by atoms with Crippen molar-refractivity contribution in [2.24, 2.45) is 0 Å². The van der Waals surface area contributed by atoms with Crippen molar-refractivity contribution in [3.05, 3.63) is 34.3 Å². The van der Waals surface area contributed by atoms with Crippen LogP contribution in [0.1, 0.15) is 37.8 Å². The number of benzene rings is 1. The van der Waals surface area contributed by atoms with Crippen LogP contribution in [0, 0.1) is 0 Å². The molecule has 1 aliphatic heterocycles. The van der Waals surface area contributed by atoms with Crippen molar-refractivity contribution in [3.63, 3.8) is 0 Å². The third-order valence-corrected chi connectivity index (χ3v) is 4.02. The van der Waals surface area contributed by atoms with Gasteiger partial charge in [-0.05, 0) is 37.8 Å². The van der Waals surface area contributed by atoms with Crippen molar-refractivity contribution in [2.75, 3.05) is 13.2 Å². The van der Waals surface area contributed by atoms with Gasteiger partial charge in [-0.3, -0.25) is 0 Å². The number of nitrogens with one attached hydrogen (secondary N) is 1. The van der Waals surface area contributed by atoms with E-state index < -0.39 is 0 Å². The second kappa shape index (κ2) is 6.53. The van der Waals surface area contributed by atoms with Crippen molar-refractivity contribution in [2.45, 2.75) is 38.3 Å². The Balaban J connectivity index is 1.84. The fraction of sp³-hybridized carbons (Fsp3) is 0.571. The van der Waals surface area contributed by atoms with Crippen molar-refractivity contribution < 1.29 is 4.74 Å². The molecule has 1 aromatic carbocycles. The van der Waals surface area contributed by atoms with Gasteiger partial charge < -0.3 is 10.1 Å². The minimum Gasteiger partial charge on any atom is -0.377 e. The minimum atomic E-state index is 0.358. The Morgan fingerprint density at radius 2 is 2.24 bits per heavy atom. The lowest BCUT2D eigenvalue weighted by Crippen LogP contribution is -2.33. The van der Waals surface area contributed by atoms with Crippen LogP contribution >= 0.6 is 15.9 Å². The first-order valence-corrected chi connectivity index (χ1v) is 7.16. The maximum atomic E-state index is 5.72. The summed E-state index contributed by atoms with van der Waals surface area (Å²) in [6.07, 6.45) is 4.11. The summed E-state index contributed by atoms with van der Waals surface area (Å²) in [4.78, 5) is 0. The maximum Gasteiger partial charge on any atom is 0.0699 e. The molecule has 1 unspecified atom stereocenters. The van der Waals surface area contributed by atoms with Gasteiger partial charge in [0.25, 0.3) is 0 Å². The van der Waals surface area contributed by atoms with Crippen LogP contribution in [-0.4, -0.2) is 19.3 Å². The molecule has 1 aliphatic rings. The molecule has 1 aromatic rings. The van der Waals surface area contributed by atoms with Gasteiger partial charge in [-0.15, -0.1) is 0 Å². The topological polar surface area (TPSA) is 21.3 Å². The molecule has 2 rings (SSSR count). The number of halogens is 1. The molecule has 3 heteroatoms. The number of ether oxygens (including phenoxy) is 1. The van der Waals surface area contributed by atoms with Crippen LogP contribution in [0.3, 0.4) is 0 Å². The first-order chi connectivity index (χ1) is 8.27. The van der Waals surface area contributed by atoms with E-state index in [2.05, 4.69) is 46.4 Å². The zero-order chi connectivity index (χ0) is 12.1. The normalized spacial score (nSPS) is 22.4. The molecule has 0 bridgehead atoms. The summed E-state index contributed by atoms with van der Waals surface area (Å²) in [5.74, 6) is 0. The van der Waals surface area contributed by atoms with E-state index in [-0.39, 0.29) is 0 Å². The van der Waals surface area contributed by atoms with Crippen molar-refractivity contribution in [1.82, 2.24) is 5.32 Å². The molecule has 94 valence electrons. The Morgan fingerprint density at radius 3 is 2.94 bits per heavy atom. The lowest BCUT2D eigenvalue weighted by molar-refractivity contribution is 0.0156. The Hall–Kier alpha value is -0.380. The summed E-state index contributed by atoms with van der Waals surface area (Å²) >= 11 is 3.59. The van der Waals surface area contributed by atoms with Crippen LogP contribution in [0.25, 0.3) is 0 Å². The maximum absolute atomic E-state index is 5.72.